The number of carbonyl (C=O) groups excluding carboxylic acids is 1. The van der Waals surface area contributed by atoms with Gasteiger partial charge in [0.2, 0.25) is 0 Å². The zero-order chi connectivity index (χ0) is 27.6. The van der Waals surface area contributed by atoms with Crippen molar-refractivity contribution in [3.63, 3.8) is 0 Å². The van der Waals surface area contributed by atoms with Gasteiger partial charge in [-0.05, 0) is 77.3 Å². The first-order chi connectivity index (χ1) is 17.1. The first-order valence-corrected chi connectivity index (χ1v) is 13.8. The summed E-state index contributed by atoms with van der Waals surface area (Å²) in [5.41, 5.74) is 4.84. The number of sulfonamides is 1. The van der Waals surface area contributed by atoms with Gasteiger partial charge in [0.25, 0.3) is 15.9 Å². The average molecular weight is 523 g/mol. The fourth-order valence-corrected chi connectivity index (χ4v) is 5.14. The molecule has 0 heterocycles. The zero-order valence-corrected chi connectivity index (χ0v) is 23.8. The molecule has 2 N–H and O–H groups in total. The molecule has 3 aromatic carbocycles. The van der Waals surface area contributed by atoms with Crippen molar-refractivity contribution in [2.75, 3.05) is 16.6 Å². The molecule has 0 saturated carbocycles. The summed E-state index contributed by atoms with van der Waals surface area (Å²) in [6.45, 7) is 16.4. The number of rotatable bonds is 7. The Balaban J connectivity index is 1.68. The number of carbonyl (C=O) groups is 1. The van der Waals surface area contributed by atoms with E-state index in [9.17, 15) is 13.2 Å². The van der Waals surface area contributed by atoms with Crippen LogP contribution in [0.3, 0.4) is 0 Å². The van der Waals surface area contributed by atoms with Gasteiger partial charge in [-0.15, -0.1) is 0 Å². The molecule has 0 saturated heterocycles. The van der Waals surface area contributed by atoms with Gasteiger partial charge in [0.05, 0.1) is 10.6 Å². The molecule has 3 rings (SSSR count). The Bertz CT molecular complexity index is 1360. The Hall–Kier alpha value is -3.32. The Morgan fingerprint density at radius 2 is 1.43 bits per heavy atom. The zero-order valence-electron chi connectivity index (χ0n) is 23.0. The van der Waals surface area contributed by atoms with E-state index in [4.69, 9.17) is 4.74 Å². The topological polar surface area (TPSA) is 84.5 Å². The number of ether oxygens (including phenoxy) is 1. The molecule has 3 aromatic rings. The van der Waals surface area contributed by atoms with Crippen LogP contribution < -0.4 is 14.8 Å². The van der Waals surface area contributed by atoms with Crippen molar-refractivity contribution in [3.05, 3.63) is 82.9 Å². The molecular formula is C30H38N2O4S. The summed E-state index contributed by atoms with van der Waals surface area (Å²) in [6.07, 6.45) is 0. The maximum Gasteiger partial charge on any atom is 0.262 e. The average Bonchev–Trinajstić information content (AvgIpc) is 2.79. The van der Waals surface area contributed by atoms with E-state index < -0.39 is 10.0 Å². The number of aryl methyl sites for hydroxylation is 2. The van der Waals surface area contributed by atoms with Crippen LogP contribution in [0.25, 0.3) is 0 Å². The summed E-state index contributed by atoms with van der Waals surface area (Å²) in [5, 5.41) is 2.77. The van der Waals surface area contributed by atoms with Gasteiger partial charge in [0.15, 0.2) is 6.61 Å². The first-order valence-electron chi connectivity index (χ1n) is 12.3. The Morgan fingerprint density at radius 3 is 1.97 bits per heavy atom. The van der Waals surface area contributed by atoms with Gasteiger partial charge < -0.3 is 10.1 Å². The van der Waals surface area contributed by atoms with E-state index >= 15 is 0 Å². The van der Waals surface area contributed by atoms with E-state index in [0.29, 0.717) is 17.1 Å². The molecular weight excluding hydrogens is 484 g/mol. The smallest absolute Gasteiger partial charge is 0.262 e. The van der Waals surface area contributed by atoms with Gasteiger partial charge in [-0.2, -0.15) is 0 Å². The van der Waals surface area contributed by atoms with Crippen LogP contribution >= 0.6 is 0 Å². The van der Waals surface area contributed by atoms with Crippen molar-refractivity contribution in [2.24, 2.45) is 0 Å². The highest BCUT2D eigenvalue weighted by atomic mass is 32.2. The Kier molecular flexibility index (Phi) is 8.08. The molecule has 0 aliphatic carbocycles. The molecule has 0 bridgehead atoms. The SMILES string of the molecule is Cc1cccc(C)c1NS(=O)(=O)c1ccc(NC(=O)COc2ccc(C(C)(C)C)cc2C(C)(C)C)cc1. The second kappa shape index (κ2) is 10.6. The lowest BCUT2D eigenvalue weighted by molar-refractivity contribution is -0.118. The first kappa shape index (κ1) is 28.3. The predicted molar refractivity (Wildman–Crippen MR) is 151 cm³/mol. The molecule has 37 heavy (non-hydrogen) atoms. The molecule has 0 aliphatic rings. The van der Waals surface area contributed by atoms with Crippen LogP contribution in [0.5, 0.6) is 5.75 Å². The molecule has 0 aliphatic heterocycles. The highest BCUT2D eigenvalue weighted by Crippen LogP contribution is 2.35. The highest BCUT2D eigenvalue weighted by Gasteiger charge is 2.23. The molecule has 0 spiro atoms. The lowest BCUT2D eigenvalue weighted by atomic mass is 9.80. The number of amides is 1. The standard InChI is InChI=1S/C30H38N2O4S/c1-20-10-9-11-21(2)28(20)32-37(34,35)24-15-13-23(14-16-24)31-27(33)19-36-26-17-12-22(29(3,4)5)18-25(26)30(6,7)8/h9-18,32H,19H2,1-8H3,(H,31,33). The lowest BCUT2D eigenvalue weighted by Gasteiger charge is -2.27. The van der Waals surface area contributed by atoms with Crippen molar-refractivity contribution >= 4 is 27.3 Å². The lowest BCUT2D eigenvalue weighted by Crippen LogP contribution is -2.23. The van der Waals surface area contributed by atoms with Crippen molar-refractivity contribution in [2.45, 2.75) is 71.1 Å². The van der Waals surface area contributed by atoms with Gasteiger partial charge in [0, 0.05) is 5.69 Å². The van der Waals surface area contributed by atoms with E-state index in [1.165, 1.54) is 17.7 Å². The number of benzene rings is 3. The highest BCUT2D eigenvalue weighted by molar-refractivity contribution is 7.92. The minimum absolute atomic E-state index is 0.00379. The van der Waals surface area contributed by atoms with Crippen molar-refractivity contribution < 1.29 is 17.9 Å². The second-order valence-electron chi connectivity index (χ2n) is 11.4. The number of anilines is 2. The summed E-state index contributed by atoms with van der Waals surface area (Å²) < 4.78 is 34.3. The minimum Gasteiger partial charge on any atom is -0.483 e. The van der Waals surface area contributed by atoms with Crippen molar-refractivity contribution in [3.8, 4) is 5.75 Å². The molecule has 198 valence electrons. The summed E-state index contributed by atoms with van der Waals surface area (Å²) in [6, 6.07) is 17.8. The number of hydrogen-bond donors (Lipinski definition) is 2. The van der Waals surface area contributed by atoms with Crippen LogP contribution in [0.1, 0.15) is 63.8 Å². The summed E-state index contributed by atoms with van der Waals surface area (Å²) in [4.78, 5) is 12.7. The van der Waals surface area contributed by atoms with Gasteiger partial charge in [-0.3, -0.25) is 9.52 Å². The molecule has 0 aromatic heterocycles. The van der Waals surface area contributed by atoms with Gasteiger partial charge >= 0.3 is 0 Å². The third kappa shape index (κ3) is 7.13. The second-order valence-corrected chi connectivity index (χ2v) is 13.1. The van der Waals surface area contributed by atoms with E-state index in [0.717, 1.165) is 16.7 Å². The monoisotopic (exact) mass is 522 g/mol. The largest absolute Gasteiger partial charge is 0.483 e. The van der Waals surface area contributed by atoms with E-state index in [-0.39, 0.29) is 28.2 Å². The molecule has 6 nitrogen and oxygen atoms in total. The molecule has 1 amide bonds. The molecule has 0 unspecified atom stereocenters. The van der Waals surface area contributed by atoms with Crippen LogP contribution in [-0.4, -0.2) is 20.9 Å². The van der Waals surface area contributed by atoms with Gasteiger partial charge in [-0.25, -0.2) is 8.42 Å². The molecule has 7 heteroatoms. The summed E-state index contributed by atoms with van der Waals surface area (Å²) in [5.74, 6) is 0.346. The fraction of sp³-hybridized carbons (Fsp3) is 0.367. The predicted octanol–water partition coefficient (Wildman–Crippen LogP) is 6.72. The quantitative estimate of drug-likeness (QED) is 0.361. The van der Waals surface area contributed by atoms with Crippen LogP contribution in [0.15, 0.2) is 65.6 Å². The maximum absolute atomic E-state index is 12.9. The number of nitrogens with one attached hydrogen (secondary N) is 2. The maximum atomic E-state index is 12.9. The normalized spacial score (nSPS) is 12.2. The Morgan fingerprint density at radius 1 is 0.838 bits per heavy atom. The van der Waals surface area contributed by atoms with Crippen LogP contribution in [0.4, 0.5) is 11.4 Å². The summed E-state index contributed by atoms with van der Waals surface area (Å²) >= 11 is 0. The van der Waals surface area contributed by atoms with Crippen molar-refractivity contribution in [1.82, 2.24) is 0 Å². The number of para-hydroxylation sites is 1. The molecule has 0 atom stereocenters. The van der Waals surface area contributed by atoms with Crippen LogP contribution in [0, 0.1) is 13.8 Å². The van der Waals surface area contributed by atoms with Crippen LogP contribution in [0.2, 0.25) is 0 Å². The third-order valence-electron chi connectivity index (χ3n) is 6.18. The Labute approximate surface area is 221 Å². The number of hydrogen-bond acceptors (Lipinski definition) is 4. The van der Waals surface area contributed by atoms with Gasteiger partial charge in [0.1, 0.15) is 5.75 Å². The summed E-state index contributed by atoms with van der Waals surface area (Å²) in [7, 11) is -3.77. The van der Waals surface area contributed by atoms with E-state index in [1.54, 1.807) is 12.1 Å². The minimum atomic E-state index is -3.77. The third-order valence-corrected chi connectivity index (χ3v) is 7.54. The van der Waals surface area contributed by atoms with E-state index in [1.807, 2.05) is 44.2 Å². The molecule has 0 fully saturated rings. The fourth-order valence-electron chi connectivity index (χ4n) is 3.93. The van der Waals surface area contributed by atoms with Crippen LogP contribution in [-0.2, 0) is 25.6 Å². The molecule has 0 radical (unpaired) electrons. The van der Waals surface area contributed by atoms with Gasteiger partial charge in [-0.1, -0.05) is 71.9 Å². The van der Waals surface area contributed by atoms with Crippen molar-refractivity contribution in [1.29, 1.82) is 0 Å². The van der Waals surface area contributed by atoms with E-state index in [2.05, 4.69) is 57.6 Å².